The van der Waals surface area contributed by atoms with Gasteiger partial charge in [0.15, 0.2) is 0 Å². The second-order valence-electron chi connectivity index (χ2n) is 4.33. The zero-order chi connectivity index (χ0) is 13.2. The highest BCUT2D eigenvalue weighted by Crippen LogP contribution is 2.45. The molecule has 18 heavy (non-hydrogen) atoms. The van der Waals surface area contributed by atoms with Crippen LogP contribution in [0.1, 0.15) is 24.8 Å². The molecule has 1 N–H and O–H groups in total. The summed E-state index contributed by atoms with van der Waals surface area (Å²) < 4.78 is 24.1. The van der Waals surface area contributed by atoms with Crippen molar-refractivity contribution in [3.05, 3.63) is 29.6 Å². The molecular formula is C13H15FO4. The van der Waals surface area contributed by atoms with E-state index < -0.39 is 11.6 Å². The summed E-state index contributed by atoms with van der Waals surface area (Å²) in [5.74, 6) is -0.738. The first-order chi connectivity index (χ1) is 8.57. The van der Waals surface area contributed by atoms with E-state index in [1.165, 1.54) is 25.3 Å². The quantitative estimate of drug-likeness (QED) is 0.876. The van der Waals surface area contributed by atoms with E-state index in [0.29, 0.717) is 30.8 Å². The van der Waals surface area contributed by atoms with Gasteiger partial charge in [0.1, 0.15) is 11.6 Å². The van der Waals surface area contributed by atoms with Crippen molar-refractivity contribution < 1.29 is 23.8 Å². The highest BCUT2D eigenvalue weighted by atomic mass is 19.1. The monoisotopic (exact) mass is 254 g/mol. The summed E-state index contributed by atoms with van der Waals surface area (Å²) in [7, 11) is 1.50. The van der Waals surface area contributed by atoms with Gasteiger partial charge in [0.05, 0.1) is 19.3 Å². The Bertz CT molecular complexity index is 454. The van der Waals surface area contributed by atoms with Gasteiger partial charge in [-0.25, -0.2) is 4.39 Å². The molecule has 98 valence electrons. The molecule has 0 saturated carbocycles. The highest BCUT2D eigenvalue weighted by Gasteiger charge is 2.42. The molecule has 0 radical (unpaired) electrons. The number of benzene rings is 1. The molecule has 1 aromatic rings. The molecule has 0 aromatic heterocycles. The first kappa shape index (κ1) is 12.8. The van der Waals surface area contributed by atoms with E-state index in [1.54, 1.807) is 0 Å². The average Bonchev–Trinajstić information content (AvgIpc) is 2.27. The van der Waals surface area contributed by atoms with Crippen molar-refractivity contribution in [1.29, 1.82) is 0 Å². The molecule has 1 fully saturated rings. The van der Waals surface area contributed by atoms with Crippen LogP contribution in [0.5, 0.6) is 5.75 Å². The summed E-state index contributed by atoms with van der Waals surface area (Å²) in [6, 6.07) is 4.21. The van der Waals surface area contributed by atoms with Crippen LogP contribution in [0.2, 0.25) is 0 Å². The number of hydrogen-bond acceptors (Lipinski definition) is 3. The standard InChI is InChI=1S/C13H15FO4/c1-17-11-3-2-9(14)8-10(11)13(6-7-18-13)5-4-12(15)16/h2-3,8H,4-7H2,1H3,(H,15,16). The molecule has 0 amide bonds. The smallest absolute Gasteiger partial charge is 0.303 e. The Labute approximate surface area is 104 Å². The van der Waals surface area contributed by atoms with Crippen molar-refractivity contribution in [2.75, 3.05) is 13.7 Å². The van der Waals surface area contributed by atoms with Crippen molar-refractivity contribution in [3.8, 4) is 5.75 Å². The average molecular weight is 254 g/mol. The van der Waals surface area contributed by atoms with E-state index in [0.717, 1.165) is 0 Å². The predicted octanol–water partition coefficient (Wildman–Crippen LogP) is 2.31. The van der Waals surface area contributed by atoms with E-state index in [-0.39, 0.29) is 12.2 Å². The number of ether oxygens (including phenoxy) is 2. The van der Waals surface area contributed by atoms with Crippen LogP contribution >= 0.6 is 0 Å². The number of rotatable bonds is 5. The van der Waals surface area contributed by atoms with Gasteiger partial charge in [0.25, 0.3) is 0 Å². The van der Waals surface area contributed by atoms with Crippen LogP contribution in [0.15, 0.2) is 18.2 Å². The summed E-state index contributed by atoms with van der Waals surface area (Å²) in [4.78, 5) is 10.7. The van der Waals surface area contributed by atoms with Crippen LogP contribution in [-0.4, -0.2) is 24.8 Å². The van der Waals surface area contributed by atoms with Gasteiger partial charge in [-0.05, 0) is 24.6 Å². The lowest BCUT2D eigenvalue weighted by Crippen LogP contribution is -2.41. The Morgan fingerprint density at radius 2 is 2.33 bits per heavy atom. The lowest BCUT2D eigenvalue weighted by Gasteiger charge is -2.42. The molecule has 1 aromatic carbocycles. The minimum atomic E-state index is -0.889. The fourth-order valence-corrected chi connectivity index (χ4v) is 2.24. The van der Waals surface area contributed by atoms with E-state index >= 15 is 0 Å². The number of aliphatic carboxylic acids is 1. The van der Waals surface area contributed by atoms with Crippen LogP contribution in [0.4, 0.5) is 4.39 Å². The molecule has 1 atom stereocenters. The molecule has 1 aliphatic rings. The normalized spacial score (nSPS) is 22.3. The third-order valence-corrected chi connectivity index (χ3v) is 3.28. The molecule has 0 bridgehead atoms. The molecule has 5 heteroatoms. The maximum absolute atomic E-state index is 13.3. The summed E-state index contributed by atoms with van der Waals surface area (Å²) in [6.45, 7) is 0.555. The maximum atomic E-state index is 13.3. The van der Waals surface area contributed by atoms with E-state index in [1.807, 2.05) is 0 Å². The first-order valence-electron chi connectivity index (χ1n) is 5.77. The molecule has 1 heterocycles. The van der Waals surface area contributed by atoms with Gasteiger partial charge in [-0.2, -0.15) is 0 Å². The first-order valence-corrected chi connectivity index (χ1v) is 5.77. The fraction of sp³-hybridized carbons (Fsp3) is 0.462. The second kappa shape index (κ2) is 4.94. The number of halogens is 1. The second-order valence-corrected chi connectivity index (χ2v) is 4.33. The summed E-state index contributed by atoms with van der Waals surface area (Å²) in [6.07, 6.45) is 0.988. The largest absolute Gasteiger partial charge is 0.496 e. The van der Waals surface area contributed by atoms with Gasteiger partial charge in [-0.1, -0.05) is 0 Å². The lowest BCUT2D eigenvalue weighted by atomic mass is 9.82. The fourth-order valence-electron chi connectivity index (χ4n) is 2.24. The molecule has 1 aliphatic heterocycles. The zero-order valence-electron chi connectivity index (χ0n) is 10.1. The Hall–Kier alpha value is -1.62. The van der Waals surface area contributed by atoms with Gasteiger partial charge in [0.2, 0.25) is 0 Å². The minimum Gasteiger partial charge on any atom is -0.496 e. The lowest BCUT2D eigenvalue weighted by molar-refractivity contribution is -0.166. The third-order valence-electron chi connectivity index (χ3n) is 3.28. The minimum absolute atomic E-state index is 0.0142. The Kier molecular flexibility index (Phi) is 3.52. The van der Waals surface area contributed by atoms with Gasteiger partial charge in [-0.15, -0.1) is 0 Å². The highest BCUT2D eigenvalue weighted by molar-refractivity contribution is 5.67. The maximum Gasteiger partial charge on any atom is 0.303 e. The SMILES string of the molecule is COc1ccc(F)cc1C1(CCC(=O)O)CCO1. The van der Waals surface area contributed by atoms with Gasteiger partial charge in [-0.3, -0.25) is 4.79 Å². The number of hydrogen-bond donors (Lipinski definition) is 1. The molecule has 2 rings (SSSR count). The van der Waals surface area contributed by atoms with Crippen molar-refractivity contribution in [3.63, 3.8) is 0 Å². The summed E-state index contributed by atoms with van der Waals surface area (Å²) >= 11 is 0. The van der Waals surface area contributed by atoms with Crippen LogP contribution < -0.4 is 4.74 Å². The van der Waals surface area contributed by atoms with E-state index in [4.69, 9.17) is 14.6 Å². The number of methoxy groups -OCH3 is 1. The van der Waals surface area contributed by atoms with E-state index in [9.17, 15) is 9.18 Å². The Balaban J connectivity index is 2.31. The Morgan fingerprint density at radius 1 is 1.61 bits per heavy atom. The number of carbonyl (C=O) groups is 1. The van der Waals surface area contributed by atoms with Gasteiger partial charge >= 0.3 is 5.97 Å². The topological polar surface area (TPSA) is 55.8 Å². The third kappa shape index (κ3) is 2.31. The van der Waals surface area contributed by atoms with Crippen LogP contribution in [0.3, 0.4) is 0 Å². The molecule has 1 saturated heterocycles. The van der Waals surface area contributed by atoms with Crippen LogP contribution in [0.25, 0.3) is 0 Å². The van der Waals surface area contributed by atoms with Crippen molar-refractivity contribution in [2.45, 2.75) is 24.9 Å². The molecular weight excluding hydrogens is 239 g/mol. The van der Waals surface area contributed by atoms with Crippen LogP contribution in [0, 0.1) is 5.82 Å². The number of carboxylic acid groups (broad SMARTS) is 1. The van der Waals surface area contributed by atoms with Crippen molar-refractivity contribution in [2.24, 2.45) is 0 Å². The molecule has 1 unspecified atom stereocenters. The van der Waals surface area contributed by atoms with Crippen LogP contribution in [-0.2, 0) is 15.1 Å². The van der Waals surface area contributed by atoms with Gasteiger partial charge < -0.3 is 14.6 Å². The van der Waals surface area contributed by atoms with E-state index in [2.05, 4.69) is 0 Å². The zero-order valence-corrected chi connectivity index (χ0v) is 10.1. The van der Waals surface area contributed by atoms with Crippen molar-refractivity contribution >= 4 is 5.97 Å². The number of carboxylic acids is 1. The molecule has 4 nitrogen and oxygen atoms in total. The Morgan fingerprint density at radius 3 is 2.83 bits per heavy atom. The van der Waals surface area contributed by atoms with Crippen molar-refractivity contribution in [1.82, 2.24) is 0 Å². The predicted molar refractivity (Wildman–Crippen MR) is 62.1 cm³/mol. The molecule has 0 spiro atoms. The summed E-state index contributed by atoms with van der Waals surface area (Å²) in [5.41, 5.74) is -0.122. The molecule has 0 aliphatic carbocycles. The van der Waals surface area contributed by atoms with Gasteiger partial charge in [0, 0.05) is 18.4 Å². The summed E-state index contributed by atoms with van der Waals surface area (Å²) in [5, 5.41) is 8.76.